The highest BCUT2D eigenvalue weighted by molar-refractivity contribution is 5.88. The van der Waals surface area contributed by atoms with Crippen molar-refractivity contribution in [2.24, 2.45) is 0 Å². The lowest BCUT2D eigenvalue weighted by Gasteiger charge is -2.35. The van der Waals surface area contributed by atoms with E-state index >= 15 is 0 Å². The van der Waals surface area contributed by atoms with E-state index in [-0.39, 0.29) is 5.56 Å². The zero-order chi connectivity index (χ0) is 14.0. The highest BCUT2D eigenvalue weighted by atomic mass is 16.4. The molecule has 6 heteroatoms. The fourth-order valence-electron chi connectivity index (χ4n) is 2.40. The molecule has 1 aromatic heterocycles. The number of rotatable bonds is 3. The van der Waals surface area contributed by atoms with Gasteiger partial charge in [0.05, 0.1) is 11.3 Å². The van der Waals surface area contributed by atoms with Gasteiger partial charge in [-0.3, -0.25) is 0 Å². The molecule has 1 N–H and O–H groups in total. The van der Waals surface area contributed by atoms with E-state index < -0.39 is 5.97 Å². The second kappa shape index (κ2) is 5.52. The molecule has 6 nitrogen and oxygen atoms in total. The van der Waals surface area contributed by atoms with Crippen LogP contribution in [0.15, 0.2) is 6.20 Å². The molecule has 1 aliphatic heterocycles. The van der Waals surface area contributed by atoms with Crippen LogP contribution in [0.4, 0.5) is 5.95 Å². The Morgan fingerprint density at radius 2 is 2.05 bits per heavy atom. The van der Waals surface area contributed by atoms with Crippen LogP contribution >= 0.6 is 0 Å². The minimum atomic E-state index is -0.977. The normalized spacial score (nSPS) is 16.9. The average Bonchev–Trinajstić information content (AvgIpc) is 2.38. The third kappa shape index (κ3) is 3.01. The zero-order valence-corrected chi connectivity index (χ0v) is 11.6. The van der Waals surface area contributed by atoms with Crippen molar-refractivity contribution in [2.75, 3.05) is 32.1 Å². The smallest absolute Gasteiger partial charge is 0.339 e. The number of piperidine rings is 1. The maximum atomic E-state index is 10.9. The summed E-state index contributed by atoms with van der Waals surface area (Å²) in [5.74, 6) is -0.338. The zero-order valence-electron chi connectivity index (χ0n) is 11.6. The van der Waals surface area contributed by atoms with Crippen LogP contribution in [-0.2, 0) is 0 Å². The van der Waals surface area contributed by atoms with Crippen LogP contribution in [0.2, 0.25) is 0 Å². The fourth-order valence-corrected chi connectivity index (χ4v) is 2.40. The molecule has 0 bridgehead atoms. The molecule has 0 amide bonds. The summed E-state index contributed by atoms with van der Waals surface area (Å²) in [6, 6.07) is 0.607. The number of aromatic nitrogens is 2. The maximum Gasteiger partial charge on any atom is 0.339 e. The summed E-state index contributed by atoms with van der Waals surface area (Å²) in [6.45, 7) is 3.53. The molecular weight excluding hydrogens is 244 g/mol. The molecule has 0 aromatic carbocycles. The van der Waals surface area contributed by atoms with Crippen LogP contribution in [0.3, 0.4) is 0 Å². The highest BCUT2D eigenvalue weighted by Gasteiger charge is 2.22. The molecule has 1 fully saturated rings. The third-order valence-corrected chi connectivity index (χ3v) is 3.67. The first-order chi connectivity index (χ1) is 8.99. The number of carboxylic acid groups (broad SMARTS) is 1. The van der Waals surface area contributed by atoms with Crippen molar-refractivity contribution in [1.29, 1.82) is 0 Å². The molecule has 1 aliphatic rings. The van der Waals surface area contributed by atoms with Gasteiger partial charge < -0.3 is 14.9 Å². The van der Waals surface area contributed by atoms with Crippen LogP contribution in [0.5, 0.6) is 0 Å². The number of hydrogen-bond acceptors (Lipinski definition) is 5. The van der Waals surface area contributed by atoms with Gasteiger partial charge in [0.2, 0.25) is 5.95 Å². The van der Waals surface area contributed by atoms with E-state index in [1.165, 1.54) is 6.20 Å². The van der Waals surface area contributed by atoms with E-state index in [0.29, 0.717) is 17.7 Å². The Labute approximate surface area is 113 Å². The van der Waals surface area contributed by atoms with Gasteiger partial charge in [0.15, 0.2) is 0 Å². The molecule has 0 radical (unpaired) electrons. The number of hydrogen-bond donors (Lipinski definition) is 1. The second-order valence-corrected chi connectivity index (χ2v) is 5.16. The molecule has 1 aromatic rings. The molecule has 2 rings (SSSR count). The summed E-state index contributed by atoms with van der Waals surface area (Å²) < 4.78 is 0. The van der Waals surface area contributed by atoms with E-state index in [1.54, 1.807) is 6.92 Å². The third-order valence-electron chi connectivity index (χ3n) is 3.67. The molecular formula is C13H20N4O2. The predicted molar refractivity (Wildman–Crippen MR) is 72.7 cm³/mol. The number of nitrogens with zero attached hydrogens (tertiary/aromatic N) is 4. The molecule has 104 valence electrons. The van der Waals surface area contributed by atoms with Gasteiger partial charge in [0.25, 0.3) is 0 Å². The van der Waals surface area contributed by atoms with Gasteiger partial charge in [-0.15, -0.1) is 0 Å². The van der Waals surface area contributed by atoms with Crippen LogP contribution in [0, 0.1) is 6.92 Å². The standard InChI is InChI=1S/C13H20N4O2/c1-9-11(12(18)19)8-14-13(15-9)17-6-4-10(5-7-17)16(2)3/h8,10H,4-7H2,1-3H3,(H,18,19). The Kier molecular flexibility index (Phi) is 3.99. The molecule has 2 heterocycles. The maximum absolute atomic E-state index is 10.9. The van der Waals surface area contributed by atoms with E-state index in [2.05, 4.69) is 33.9 Å². The topological polar surface area (TPSA) is 69.6 Å². The highest BCUT2D eigenvalue weighted by Crippen LogP contribution is 2.19. The van der Waals surface area contributed by atoms with Crippen molar-refractivity contribution >= 4 is 11.9 Å². The Morgan fingerprint density at radius 3 is 2.53 bits per heavy atom. The number of carbonyl (C=O) groups is 1. The van der Waals surface area contributed by atoms with E-state index in [0.717, 1.165) is 25.9 Å². The quantitative estimate of drug-likeness (QED) is 0.878. The molecule has 0 atom stereocenters. The summed E-state index contributed by atoms with van der Waals surface area (Å²) in [6.07, 6.45) is 3.56. The lowest BCUT2D eigenvalue weighted by atomic mass is 10.0. The summed E-state index contributed by atoms with van der Waals surface area (Å²) in [7, 11) is 4.20. The minimum Gasteiger partial charge on any atom is -0.478 e. The number of aryl methyl sites for hydroxylation is 1. The van der Waals surface area contributed by atoms with Crippen LogP contribution in [-0.4, -0.2) is 59.2 Å². The van der Waals surface area contributed by atoms with Crippen molar-refractivity contribution in [2.45, 2.75) is 25.8 Å². The summed E-state index contributed by atoms with van der Waals surface area (Å²) >= 11 is 0. The molecule has 0 aliphatic carbocycles. The summed E-state index contributed by atoms with van der Waals surface area (Å²) in [5.41, 5.74) is 0.694. The first kappa shape index (κ1) is 13.7. The summed E-state index contributed by atoms with van der Waals surface area (Å²) in [4.78, 5) is 23.8. The van der Waals surface area contributed by atoms with Gasteiger partial charge in [-0.25, -0.2) is 14.8 Å². The van der Waals surface area contributed by atoms with Gasteiger partial charge in [-0.05, 0) is 33.9 Å². The van der Waals surface area contributed by atoms with Crippen molar-refractivity contribution < 1.29 is 9.90 Å². The second-order valence-electron chi connectivity index (χ2n) is 5.16. The molecule has 0 spiro atoms. The lowest BCUT2D eigenvalue weighted by Crippen LogP contribution is -2.42. The lowest BCUT2D eigenvalue weighted by molar-refractivity contribution is 0.0695. The SMILES string of the molecule is Cc1nc(N2CCC(N(C)C)CC2)ncc1C(=O)O. The van der Waals surface area contributed by atoms with Gasteiger partial charge in [0, 0.05) is 25.3 Å². The van der Waals surface area contributed by atoms with Gasteiger partial charge in [-0.1, -0.05) is 0 Å². The van der Waals surface area contributed by atoms with Crippen molar-refractivity contribution in [3.8, 4) is 0 Å². The molecule has 0 unspecified atom stereocenters. The number of carboxylic acids is 1. The monoisotopic (exact) mass is 264 g/mol. The molecule has 19 heavy (non-hydrogen) atoms. The van der Waals surface area contributed by atoms with Gasteiger partial charge in [-0.2, -0.15) is 0 Å². The Hall–Kier alpha value is -1.69. The fraction of sp³-hybridized carbons (Fsp3) is 0.615. The Bertz CT molecular complexity index is 468. The molecule has 1 saturated heterocycles. The Morgan fingerprint density at radius 1 is 1.42 bits per heavy atom. The van der Waals surface area contributed by atoms with Crippen LogP contribution in [0.25, 0.3) is 0 Å². The van der Waals surface area contributed by atoms with E-state index in [4.69, 9.17) is 5.11 Å². The first-order valence-corrected chi connectivity index (χ1v) is 6.47. The Balaban J connectivity index is 2.08. The molecule has 0 saturated carbocycles. The summed E-state index contributed by atoms with van der Waals surface area (Å²) in [5, 5.41) is 8.96. The largest absolute Gasteiger partial charge is 0.478 e. The van der Waals surface area contributed by atoms with Gasteiger partial charge in [0.1, 0.15) is 0 Å². The van der Waals surface area contributed by atoms with E-state index in [9.17, 15) is 4.79 Å². The predicted octanol–water partition coefficient (Wildman–Crippen LogP) is 1.01. The van der Waals surface area contributed by atoms with Crippen molar-refractivity contribution in [3.05, 3.63) is 17.5 Å². The number of anilines is 1. The van der Waals surface area contributed by atoms with Crippen molar-refractivity contribution in [1.82, 2.24) is 14.9 Å². The minimum absolute atomic E-state index is 0.173. The van der Waals surface area contributed by atoms with Crippen LogP contribution < -0.4 is 4.90 Å². The van der Waals surface area contributed by atoms with Gasteiger partial charge >= 0.3 is 5.97 Å². The van der Waals surface area contributed by atoms with Crippen LogP contribution in [0.1, 0.15) is 28.9 Å². The van der Waals surface area contributed by atoms with Crippen molar-refractivity contribution in [3.63, 3.8) is 0 Å². The van der Waals surface area contributed by atoms with E-state index in [1.807, 2.05) is 0 Å². The first-order valence-electron chi connectivity index (χ1n) is 6.47. The number of aromatic carboxylic acids is 1. The average molecular weight is 264 g/mol.